The second kappa shape index (κ2) is 11.1. The Morgan fingerprint density at radius 2 is 1.56 bits per heavy atom. The summed E-state index contributed by atoms with van der Waals surface area (Å²) in [6.07, 6.45) is -0.534. The molecule has 3 aromatic rings. The van der Waals surface area contributed by atoms with E-state index in [2.05, 4.69) is 21.3 Å². The van der Waals surface area contributed by atoms with Gasteiger partial charge >= 0.3 is 18.1 Å². The summed E-state index contributed by atoms with van der Waals surface area (Å²) in [6.45, 7) is 11.0. The van der Waals surface area contributed by atoms with Crippen LogP contribution >= 0.6 is 0 Å². The molecule has 2 atom stereocenters. The summed E-state index contributed by atoms with van der Waals surface area (Å²) in [5.74, 6) is -2.40. The van der Waals surface area contributed by atoms with Gasteiger partial charge in [0.15, 0.2) is 0 Å². The van der Waals surface area contributed by atoms with E-state index in [9.17, 15) is 24.3 Å². The summed E-state index contributed by atoms with van der Waals surface area (Å²) in [5, 5.41) is 22.4. The van der Waals surface area contributed by atoms with E-state index in [-0.39, 0.29) is 24.2 Å². The number of amides is 4. The van der Waals surface area contributed by atoms with Crippen molar-refractivity contribution in [3.63, 3.8) is 0 Å². The third-order valence-corrected chi connectivity index (χ3v) is 7.01. The van der Waals surface area contributed by atoms with E-state index in [0.717, 1.165) is 27.5 Å². The van der Waals surface area contributed by atoms with Gasteiger partial charge in [-0.05, 0) is 82.0 Å². The van der Waals surface area contributed by atoms with Gasteiger partial charge in [0.25, 0.3) is 5.91 Å². The molecule has 5 N–H and O–H groups in total. The number of carboxylic acids is 1. The smallest absolute Gasteiger partial charge is 0.407 e. The summed E-state index contributed by atoms with van der Waals surface area (Å²) in [4.78, 5) is 51.0. The lowest BCUT2D eigenvalue weighted by Crippen LogP contribution is -2.47. The highest BCUT2D eigenvalue weighted by Gasteiger charge is 2.61. The van der Waals surface area contributed by atoms with Crippen molar-refractivity contribution in [3.8, 4) is 0 Å². The van der Waals surface area contributed by atoms with Crippen LogP contribution in [0.15, 0.2) is 48.5 Å². The molecule has 4 amide bonds. The number of nitrogens with one attached hydrogen (secondary N) is 4. The van der Waals surface area contributed by atoms with Crippen molar-refractivity contribution in [2.24, 2.45) is 5.92 Å². The number of carboxylic acid groups (broad SMARTS) is 1. The van der Waals surface area contributed by atoms with Crippen LogP contribution in [-0.2, 0) is 9.53 Å². The maximum Gasteiger partial charge on any atom is 0.407 e. The van der Waals surface area contributed by atoms with E-state index in [4.69, 9.17) is 4.74 Å². The van der Waals surface area contributed by atoms with Crippen molar-refractivity contribution < 1.29 is 29.0 Å². The minimum Gasteiger partial charge on any atom is -0.479 e. The Morgan fingerprint density at radius 3 is 2.15 bits per heavy atom. The molecular formula is C31H36N4O6. The average Bonchev–Trinajstić information content (AvgIpc) is 3.57. The van der Waals surface area contributed by atoms with Crippen LogP contribution in [0.4, 0.5) is 21.0 Å². The van der Waals surface area contributed by atoms with Crippen LogP contribution in [0, 0.1) is 26.7 Å². The fourth-order valence-electron chi connectivity index (χ4n) is 5.01. The van der Waals surface area contributed by atoms with Crippen LogP contribution in [0.2, 0.25) is 0 Å². The first-order valence-electron chi connectivity index (χ1n) is 13.4. The number of carbonyl (C=O) groups is 4. The quantitative estimate of drug-likeness (QED) is 0.258. The molecule has 0 heterocycles. The number of fused-ring (bicyclic) bond motifs is 1. The van der Waals surface area contributed by atoms with Gasteiger partial charge in [-0.15, -0.1) is 0 Å². The van der Waals surface area contributed by atoms with E-state index < -0.39 is 41.1 Å². The van der Waals surface area contributed by atoms with Crippen LogP contribution in [0.1, 0.15) is 54.2 Å². The van der Waals surface area contributed by atoms with E-state index >= 15 is 0 Å². The topological polar surface area (TPSA) is 146 Å². The molecule has 0 aliphatic heterocycles. The first kappa shape index (κ1) is 29.4. The zero-order chi connectivity index (χ0) is 30.1. The predicted molar refractivity (Wildman–Crippen MR) is 157 cm³/mol. The molecule has 2 unspecified atom stereocenters. The molecule has 3 aromatic carbocycles. The monoisotopic (exact) mass is 560 g/mol. The van der Waals surface area contributed by atoms with E-state index in [0.29, 0.717) is 5.69 Å². The number of urea groups is 1. The number of hydrogen-bond donors (Lipinski definition) is 5. The zero-order valence-corrected chi connectivity index (χ0v) is 24.1. The first-order chi connectivity index (χ1) is 19.2. The van der Waals surface area contributed by atoms with Crippen molar-refractivity contribution >= 4 is 46.1 Å². The van der Waals surface area contributed by atoms with E-state index in [1.54, 1.807) is 32.9 Å². The maximum atomic E-state index is 13.6. The highest BCUT2D eigenvalue weighted by atomic mass is 16.6. The first-order valence-corrected chi connectivity index (χ1v) is 13.4. The second-order valence-electron chi connectivity index (χ2n) is 11.6. The number of ether oxygens (including phenoxy) is 1. The Labute approximate surface area is 238 Å². The summed E-state index contributed by atoms with van der Waals surface area (Å²) in [6, 6.07) is 14.0. The molecule has 0 saturated heterocycles. The fraction of sp³-hybridized carbons (Fsp3) is 0.355. The zero-order valence-electron chi connectivity index (χ0n) is 24.1. The molecule has 216 valence electrons. The molecule has 1 aliphatic carbocycles. The highest BCUT2D eigenvalue weighted by molar-refractivity contribution is 6.11. The number of carbonyl (C=O) groups excluding carboxylic acids is 3. The van der Waals surface area contributed by atoms with Gasteiger partial charge in [0, 0.05) is 18.2 Å². The molecule has 0 bridgehead atoms. The number of alkyl carbamates (subject to hydrolysis) is 1. The van der Waals surface area contributed by atoms with Crippen molar-refractivity contribution in [1.29, 1.82) is 0 Å². The third kappa shape index (κ3) is 6.77. The van der Waals surface area contributed by atoms with Crippen molar-refractivity contribution in [2.75, 3.05) is 17.2 Å². The molecular weight excluding hydrogens is 524 g/mol. The van der Waals surface area contributed by atoms with Gasteiger partial charge in [-0.25, -0.2) is 14.4 Å². The van der Waals surface area contributed by atoms with Gasteiger partial charge in [-0.3, -0.25) is 4.79 Å². The molecule has 0 spiro atoms. The Balaban J connectivity index is 1.56. The molecule has 10 nitrogen and oxygen atoms in total. The Bertz CT molecular complexity index is 1520. The molecule has 4 rings (SSSR count). The molecule has 1 aliphatic rings. The van der Waals surface area contributed by atoms with Crippen LogP contribution in [0.5, 0.6) is 0 Å². The summed E-state index contributed by atoms with van der Waals surface area (Å²) < 4.78 is 5.22. The van der Waals surface area contributed by atoms with Crippen LogP contribution in [0.25, 0.3) is 10.8 Å². The second-order valence-corrected chi connectivity index (χ2v) is 11.6. The number of hydrogen-bond acceptors (Lipinski definition) is 5. The number of rotatable bonds is 7. The highest BCUT2D eigenvalue weighted by Crippen LogP contribution is 2.44. The van der Waals surface area contributed by atoms with Gasteiger partial charge < -0.3 is 31.1 Å². The Morgan fingerprint density at radius 1 is 0.951 bits per heavy atom. The lowest BCUT2D eigenvalue weighted by Gasteiger charge is -2.20. The predicted octanol–water partition coefficient (Wildman–Crippen LogP) is 5.51. The molecule has 1 fully saturated rings. The molecule has 0 aromatic heterocycles. The minimum atomic E-state index is -1.56. The van der Waals surface area contributed by atoms with E-state index in [1.165, 1.54) is 0 Å². The van der Waals surface area contributed by atoms with Crippen LogP contribution in [-0.4, -0.2) is 46.8 Å². The van der Waals surface area contributed by atoms with Gasteiger partial charge in [0.1, 0.15) is 11.1 Å². The minimum absolute atomic E-state index is 0.0159. The van der Waals surface area contributed by atoms with Crippen molar-refractivity contribution in [1.82, 2.24) is 10.6 Å². The largest absolute Gasteiger partial charge is 0.479 e. The van der Waals surface area contributed by atoms with E-state index in [1.807, 2.05) is 57.2 Å². The van der Waals surface area contributed by atoms with Crippen LogP contribution < -0.4 is 21.3 Å². The molecule has 1 saturated carbocycles. The van der Waals surface area contributed by atoms with Crippen molar-refractivity contribution in [3.05, 3.63) is 70.8 Å². The molecule has 0 radical (unpaired) electrons. The van der Waals surface area contributed by atoms with Crippen LogP contribution in [0.3, 0.4) is 0 Å². The normalized spacial score (nSPS) is 17.9. The van der Waals surface area contributed by atoms with Gasteiger partial charge in [-0.2, -0.15) is 0 Å². The number of aryl methyl sites for hydroxylation is 3. The molecule has 10 heteroatoms. The lowest BCUT2D eigenvalue weighted by molar-refractivity contribution is -0.140. The Hall–Kier alpha value is -4.60. The van der Waals surface area contributed by atoms with Gasteiger partial charge in [-0.1, -0.05) is 42.0 Å². The maximum absolute atomic E-state index is 13.6. The number of aliphatic carboxylic acids is 1. The number of benzene rings is 3. The Kier molecular flexibility index (Phi) is 7.96. The molecule has 41 heavy (non-hydrogen) atoms. The summed E-state index contributed by atoms with van der Waals surface area (Å²) >= 11 is 0. The average molecular weight is 561 g/mol. The third-order valence-electron chi connectivity index (χ3n) is 7.01. The van der Waals surface area contributed by atoms with Crippen molar-refractivity contribution in [2.45, 2.75) is 59.1 Å². The SMILES string of the molecule is Cc1cc(C)c(NC(=O)Nc2cc3ccccc3cc2C(=O)NC2(C(=O)O)CC2CNC(=O)OC(C)(C)C)c(C)c1. The standard InChI is InChI=1S/C31H36N4O6/c1-17-11-18(2)25(19(3)12-17)34-28(39)33-24-14-21-10-8-7-9-20(21)13-23(24)26(36)35-31(27(37)38)15-22(31)16-32-29(40)41-30(4,5)6/h7-14,22H,15-16H2,1-6H3,(H,32,40)(H,35,36)(H,37,38)(H2,33,34,39). The fourth-order valence-corrected chi connectivity index (χ4v) is 5.01. The summed E-state index contributed by atoms with van der Waals surface area (Å²) in [7, 11) is 0. The van der Waals surface area contributed by atoms with Gasteiger partial charge in [0.2, 0.25) is 0 Å². The number of anilines is 2. The van der Waals surface area contributed by atoms with Gasteiger partial charge in [0.05, 0.1) is 11.3 Å². The lowest BCUT2D eigenvalue weighted by atomic mass is 10.0. The summed E-state index contributed by atoms with van der Waals surface area (Å²) in [5.41, 5.74) is 1.62.